The summed E-state index contributed by atoms with van der Waals surface area (Å²) in [6, 6.07) is 17.5. The molecule has 0 bridgehead atoms. The number of anilines is 2. The molecular weight excluding hydrogens is 495 g/mol. The van der Waals surface area contributed by atoms with Gasteiger partial charge in [0.2, 0.25) is 0 Å². The van der Waals surface area contributed by atoms with E-state index in [1.54, 1.807) is 24.3 Å². The highest BCUT2D eigenvalue weighted by molar-refractivity contribution is 6.35. The van der Waals surface area contributed by atoms with Crippen LogP contribution in [0.3, 0.4) is 0 Å². The lowest BCUT2D eigenvalue weighted by Gasteiger charge is -2.14. The molecule has 0 aromatic heterocycles. The normalized spacial score (nSPS) is 11.2. The Balaban J connectivity index is 1.48. The van der Waals surface area contributed by atoms with Crippen LogP contribution >= 0.6 is 23.2 Å². The largest absolute Gasteiger partial charge is 0.497 e. The number of benzene rings is 3. The molecule has 1 atom stereocenters. The third-order valence-electron chi connectivity index (χ3n) is 4.60. The van der Waals surface area contributed by atoms with E-state index in [4.69, 9.17) is 37.4 Å². The van der Waals surface area contributed by atoms with E-state index in [1.807, 2.05) is 0 Å². The third-order valence-corrected chi connectivity index (χ3v) is 5.03. The maximum absolute atomic E-state index is 12.4. The molecule has 0 saturated carbocycles. The van der Waals surface area contributed by atoms with Crippen molar-refractivity contribution in [2.45, 2.75) is 13.0 Å². The number of hydrogen-bond acceptors (Lipinski definition) is 6. The van der Waals surface area contributed by atoms with Gasteiger partial charge in [0.15, 0.2) is 12.7 Å². The first kappa shape index (κ1) is 25.9. The standard InChI is InChI=1S/C25H22Cl2N2O6/c1-15(24(31)29-20-11-17(26)10-18(27)12-20)35-25(32)16-6-8-21(9-7-16)34-14-23(30)28-19-4-3-5-22(13-19)33-2/h3-13,15H,14H2,1-2H3,(H,28,30)(H,29,31)/t15-/m1/s1. The van der Waals surface area contributed by atoms with Crippen molar-refractivity contribution in [2.24, 2.45) is 0 Å². The number of ether oxygens (including phenoxy) is 3. The molecule has 0 saturated heterocycles. The molecule has 0 heterocycles. The van der Waals surface area contributed by atoms with Crippen molar-refractivity contribution >= 4 is 52.4 Å². The van der Waals surface area contributed by atoms with Gasteiger partial charge in [-0.15, -0.1) is 0 Å². The van der Waals surface area contributed by atoms with Crippen LogP contribution in [0.2, 0.25) is 10.0 Å². The van der Waals surface area contributed by atoms with Crippen molar-refractivity contribution in [1.82, 2.24) is 0 Å². The van der Waals surface area contributed by atoms with Gasteiger partial charge in [-0.05, 0) is 61.5 Å². The predicted molar refractivity (Wildman–Crippen MR) is 134 cm³/mol. The molecule has 2 N–H and O–H groups in total. The highest BCUT2D eigenvalue weighted by Gasteiger charge is 2.19. The maximum atomic E-state index is 12.4. The van der Waals surface area contributed by atoms with E-state index in [2.05, 4.69) is 10.6 Å². The number of methoxy groups -OCH3 is 1. The molecule has 0 aliphatic heterocycles. The van der Waals surface area contributed by atoms with Gasteiger partial charge in [-0.1, -0.05) is 29.3 Å². The first-order chi connectivity index (χ1) is 16.7. The molecule has 0 aliphatic rings. The highest BCUT2D eigenvalue weighted by atomic mass is 35.5. The van der Waals surface area contributed by atoms with Crippen molar-refractivity contribution < 1.29 is 28.6 Å². The van der Waals surface area contributed by atoms with Gasteiger partial charge in [0.25, 0.3) is 11.8 Å². The van der Waals surface area contributed by atoms with Gasteiger partial charge in [-0.25, -0.2) is 4.79 Å². The van der Waals surface area contributed by atoms with Gasteiger partial charge in [0, 0.05) is 27.5 Å². The fourth-order valence-corrected chi connectivity index (χ4v) is 3.41. The Morgan fingerprint density at radius 1 is 0.857 bits per heavy atom. The summed E-state index contributed by atoms with van der Waals surface area (Å²) in [5, 5.41) is 6.01. The van der Waals surface area contributed by atoms with Crippen LogP contribution in [-0.2, 0) is 14.3 Å². The number of amides is 2. The van der Waals surface area contributed by atoms with E-state index < -0.39 is 18.0 Å². The Kier molecular flexibility index (Phi) is 8.94. The van der Waals surface area contributed by atoms with Crippen LogP contribution in [0.1, 0.15) is 17.3 Å². The summed E-state index contributed by atoms with van der Waals surface area (Å²) < 4.78 is 15.8. The molecule has 3 aromatic carbocycles. The second-order valence-corrected chi connectivity index (χ2v) is 8.16. The summed E-state index contributed by atoms with van der Waals surface area (Å²) >= 11 is 11.8. The minimum absolute atomic E-state index is 0.212. The molecule has 0 fully saturated rings. The Bertz CT molecular complexity index is 1200. The van der Waals surface area contributed by atoms with Crippen LogP contribution in [0, 0.1) is 0 Å². The SMILES string of the molecule is COc1cccc(NC(=O)COc2ccc(C(=O)O[C@H](C)C(=O)Nc3cc(Cl)cc(Cl)c3)cc2)c1. The lowest BCUT2D eigenvalue weighted by molar-refractivity contribution is -0.123. The first-order valence-electron chi connectivity index (χ1n) is 10.4. The van der Waals surface area contributed by atoms with Crippen LogP contribution in [0.15, 0.2) is 66.7 Å². The number of hydrogen-bond donors (Lipinski definition) is 2. The second kappa shape index (κ2) is 12.1. The average Bonchev–Trinajstić information content (AvgIpc) is 2.82. The average molecular weight is 517 g/mol. The molecule has 8 nitrogen and oxygen atoms in total. The Labute approximate surface area is 212 Å². The van der Waals surface area contributed by atoms with Crippen molar-refractivity contribution in [3.05, 3.63) is 82.3 Å². The molecule has 0 radical (unpaired) electrons. The Morgan fingerprint density at radius 2 is 1.54 bits per heavy atom. The number of halogens is 2. The summed E-state index contributed by atoms with van der Waals surface area (Å²) in [5.74, 6) is -0.599. The number of nitrogens with one attached hydrogen (secondary N) is 2. The molecule has 10 heteroatoms. The highest BCUT2D eigenvalue weighted by Crippen LogP contribution is 2.23. The van der Waals surface area contributed by atoms with Crippen molar-refractivity contribution in [3.8, 4) is 11.5 Å². The summed E-state index contributed by atoms with van der Waals surface area (Å²) in [6.07, 6.45) is -1.07. The zero-order valence-electron chi connectivity index (χ0n) is 18.8. The van der Waals surface area contributed by atoms with E-state index >= 15 is 0 Å². The zero-order chi connectivity index (χ0) is 25.4. The maximum Gasteiger partial charge on any atom is 0.338 e. The van der Waals surface area contributed by atoms with E-state index in [0.29, 0.717) is 32.9 Å². The van der Waals surface area contributed by atoms with Crippen LogP contribution in [0.25, 0.3) is 0 Å². The Hall–Kier alpha value is -3.75. The summed E-state index contributed by atoms with van der Waals surface area (Å²) in [5.41, 5.74) is 1.17. The van der Waals surface area contributed by atoms with Gasteiger partial charge < -0.3 is 24.8 Å². The number of carbonyl (C=O) groups excluding carboxylic acids is 3. The quantitative estimate of drug-likeness (QED) is 0.378. The molecule has 0 spiro atoms. The van der Waals surface area contributed by atoms with Crippen LogP contribution in [0.4, 0.5) is 11.4 Å². The van der Waals surface area contributed by atoms with E-state index in [9.17, 15) is 14.4 Å². The molecule has 0 unspecified atom stereocenters. The topological polar surface area (TPSA) is 103 Å². The van der Waals surface area contributed by atoms with E-state index in [0.717, 1.165) is 0 Å². The molecule has 182 valence electrons. The van der Waals surface area contributed by atoms with Crippen molar-refractivity contribution in [1.29, 1.82) is 0 Å². The van der Waals surface area contributed by atoms with Gasteiger partial charge in [0.05, 0.1) is 12.7 Å². The molecular formula is C25H22Cl2N2O6. The lowest BCUT2D eigenvalue weighted by atomic mass is 10.2. The van der Waals surface area contributed by atoms with Crippen molar-refractivity contribution in [2.75, 3.05) is 24.4 Å². The van der Waals surface area contributed by atoms with Gasteiger partial charge >= 0.3 is 5.97 Å². The summed E-state index contributed by atoms with van der Waals surface area (Å²) in [7, 11) is 1.54. The number of carbonyl (C=O) groups is 3. The second-order valence-electron chi connectivity index (χ2n) is 7.29. The fraction of sp³-hybridized carbons (Fsp3) is 0.160. The van der Waals surface area contributed by atoms with Gasteiger partial charge in [0.1, 0.15) is 11.5 Å². The zero-order valence-corrected chi connectivity index (χ0v) is 20.4. The monoisotopic (exact) mass is 516 g/mol. The fourth-order valence-electron chi connectivity index (χ4n) is 2.89. The molecule has 35 heavy (non-hydrogen) atoms. The molecule has 2 amide bonds. The van der Waals surface area contributed by atoms with Gasteiger partial charge in [-0.3, -0.25) is 9.59 Å². The molecule has 3 aromatic rings. The van der Waals surface area contributed by atoms with Crippen molar-refractivity contribution in [3.63, 3.8) is 0 Å². The summed E-state index contributed by atoms with van der Waals surface area (Å²) in [6.45, 7) is 1.21. The first-order valence-corrected chi connectivity index (χ1v) is 11.1. The number of esters is 1. The van der Waals surface area contributed by atoms with E-state index in [1.165, 1.54) is 56.5 Å². The van der Waals surface area contributed by atoms with Crippen LogP contribution < -0.4 is 20.1 Å². The molecule has 0 aliphatic carbocycles. The minimum atomic E-state index is -1.07. The van der Waals surface area contributed by atoms with Gasteiger partial charge in [-0.2, -0.15) is 0 Å². The summed E-state index contributed by atoms with van der Waals surface area (Å²) in [4.78, 5) is 36.8. The van der Waals surface area contributed by atoms with Crippen LogP contribution in [-0.4, -0.2) is 37.6 Å². The van der Waals surface area contributed by atoms with Crippen LogP contribution in [0.5, 0.6) is 11.5 Å². The minimum Gasteiger partial charge on any atom is -0.497 e. The van der Waals surface area contributed by atoms with E-state index in [-0.39, 0.29) is 18.1 Å². The lowest BCUT2D eigenvalue weighted by Crippen LogP contribution is -2.30. The molecule has 3 rings (SSSR count). The third kappa shape index (κ3) is 7.91. The number of rotatable bonds is 9. The Morgan fingerprint density at radius 3 is 2.20 bits per heavy atom. The predicted octanol–water partition coefficient (Wildman–Crippen LogP) is 5.20. The smallest absolute Gasteiger partial charge is 0.338 e.